The first-order valence-electron chi connectivity index (χ1n) is 8.02. The monoisotopic (exact) mass is 328 g/mol. The molecule has 0 saturated carbocycles. The molecule has 0 radical (unpaired) electrons. The minimum absolute atomic E-state index is 0.0577. The van der Waals surface area contributed by atoms with Gasteiger partial charge >= 0.3 is 6.03 Å². The molecular weight excluding hydrogens is 308 g/mol. The van der Waals surface area contributed by atoms with Crippen LogP contribution >= 0.6 is 0 Å². The van der Waals surface area contributed by atoms with Crippen molar-refractivity contribution in [3.05, 3.63) is 31.0 Å². The van der Waals surface area contributed by atoms with Crippen molar-refractivity contribution in [2.75, 3.05) is 25.1 Å². The lowest BCUT2D eigenvalue weighted by atomic mass is 9.80. The molecule has 2 amide bonds. The standard InChI is InChI=1S/C16H20N6O2/c1-16(2)8-21(13-7-24-6-11(13)16)15(23)20-12-4-3-5-18-14(12)22-10-17-9-19-22/h3-5,9-11,13H,6-8H2,1-2H3,(H,20,23)/t11-,13+/m0/s1. The third kappa shape index (κ3) is 2.43. The molecule has 4 heterocycles. The van der Waals surface area contributed by atoms with E-state index in [0.717, 1.165) is 13.2 Å². The number of likely N-dealkylation sites (tertiary alicyclic amines) is 1. The van der Waals surface area contributed by atoms with Gasteiger partial charge in [0.15, 0.2) is 5.82 Å². The molecular formula is C16H20N6O2. The Balaban J connectivity index is 1.58. The Morgan fingerprint density at radius 1 is 1.42 bits per heavy atom. The maximum atomic E-state index is 12.9. The lowest BCUT2D eigenvalue weighted by molar-refractivity contribution is 0.127. The van der Waals surface area contributed by atoms with Crippen LogP contribution in [0.15, 0.2) is 31.0 Å². The van der Waals surface area contributed by atoms with Crippen LogP contribution in [0.2, 0.25) is 0 Å². The van der Waals surface area contributed by atoms with Gasteiger partial charge in [0.25, 0.3) is 0 Å². The molecule has 8 heteroatoms. The Bertz CT molecular complexity index is 745. The highest BCUT2D eigenvalue weighted by Crippen LogP contribution is 2.43. The van der Waals surface area contributed by atoms with Gasteiger partial charge in [0.2, 0.25) is 0 Å². The van der Waals surface area contributed by atoms with Crippen molar-refractivity contribution in [3.63, 3.8) is 0 Å². The number of rotatable bonds is 2. The van der Waals surface area contributed by atoms with Crippen molar-refractivity contribution in [3.8, 4) is 5.82 Å². The molecule has 2 aliphatic heterocycles. The van der Waals surface area contributed by atoms with Gasteiger partial charge in [-0.1, -0.05) is 13.8 Å². The lowest BCUT2D eigenvalue weighted by Gasteiger charge is -2.24. The molecule has 1 N–H and O–H groups in total. The van der Waals surface area contributed by atoms with Crippen LogP contribution < -0.4 is 5.32 Å². The van der Waals surface area contributed by atoms with E-state index in [9.17, 15) is 4.79 Å². The molecule has 126 valence electrons. The molecule has 2 aromatic heterocycles. The highest BCUT2D eigenvalue weighted by Gasteiger charge is 2.51. The summed E-state index contributed by atoms with van der Waals surface area (Å²) in [7, 11) is 0. The van der Waals surface area contributed by atoms with E-state index >= 15 is 0 Å². The summed E-state index contributed by atoms with van der Waals surface area (Å²) in [5.41, 5.74) is 0.663. The smallest absolute Gasteiger partial charge is 0.322 e. The average Bonchev–Trinajstić information content (AvgIpc) is 3.27. The molecule has 2 aliphatic rings. The summed E-state index contributed by atoms with van der Waals surface area (Å²) in [6.45, 7) is 6.43. The second-order valence-corrected chi connectivity index (χ2v) is 6.97. The maximum absolute atomic E-state index is 12.9. The number of hydrogen-bond donors (Lipinski definition) is 1. The van der Waals surface area contributed by atoms with Gasteiger partial charge in [-0.25, -0.2) is 19.4 Å². The van der Waals surface area contributed by atoms with Crippen LogP contribution in [-0.2, 0) is 4.74 Å². The van der Waals surface area contributed by atoms with Crippen LogP contribution in [0.5, 0.6) is 0 Å². The highest BCUT2D eigenvalue weighted by atomic mass is 16.5. The van der Waals surface area contributed by atoms with Gasteiger partial charge in [0.05, 0.1) is 24.9 Å². The molecule has 2 fully saturated rings. The number of nitrogens with one attached hydrogen (secondary N) is 1. The van der Waals surface area contributed by atoms with E-state index < -0.39 is 0 Å². The number of pyridine rings is 1. The van der Waals surface area contributed by atoms with Crippen molar-refractivity contribution >= 4 is 11.7 Å². The van der Waals surface area contributed by atoms with Crippen LogP contribution in [0.4, 0.5) is 10.5 Å². The summed E-state index contributed by atoms with van der Waals surface area (Å²) in [6, 6.07) is 3.60. The highest BCUT2D eigenvalue weighted by molar-refractivity contribution is 5.91. The van der Waals surface area contributed by atoms with E-state index in [2.05, 4.69) is 34.2 Å². The number of nitrogens with zero attached hydrogens (tertiary/aromatic N) is 5. The zero-order valence-corrected chi connectivity index (χ0v) is 13.7. The summed E-state index contributed by atoms with van der Waals surface area (Å²) in [5.74, 6) is 0.924. The van der Waals surface area contributed by atoms with Crippen LogP contribution in [0.25, 0.3) is 5.82 Å². The molecule has 0 unspecified atom stereocenters. The maximum Gasteiger partial charge on any atom is 0.322 e. The van der Waals surface area contributed by atoms with E-state index in [1.165, 1.54) is 11.0 Å². The van der Waals surface area contributed by atoms with E-state index in [4.69, 9.17) is 4.74 Å². The molecule has 0 aliphatic carbocycles. The molecule has 8 nitrogen and oxygen atoms in total. The predicted octanol–water partition coefficient (Wildman–Crippen LogP) is 1.55. The average molecular weight is 328 g/mol. The quantitative estimate of drug-likeness (QED) is 0.904. The van der Waals surface area contributed by atoms with Crippen LogP contribution in [0.3, 0.4) is 0 Å². The van der Waals surface area contributed by atoms with E-state index in [1.54, 1.807) is 18.6 Å². The summed E-state index contributed by atoms with van der Waals surface area (Å²) < 4.78 is 7.14. The number of amides is 2. The Morgan fingerprint density at radius 3 is 3.08 bits per heavy atom. The molecule has 0 bridgehead atoms. The first-order valence-corrected chi connectivity index (χ1v) is 8.02. The van der Waals surface area contributed by atoms with Gasteiger partial charge in [0.1, 0.15) is 12.7 Å². The Hall–Kier alpha value is -2.48. The zero-order valence-electron chi connectivity index (χ0n) is 13.7. The van der Waals surface area contributed by atoms with Gasteiger partial charge in [-0.2, -0.15) is 5.10 Å². The first-order chi connectivity index (χ1) is 11.6. The molecule has 4 rings (SSSR count). The van der Waals surface area contributed by atoms with Crippen molar-refractivity contribution in [1.29, 1.82) is 0 Å². The topological polar surface area (TPSA) is 85.2 Å². The van der Waals surface area contributed by atoms with Crippen LogP contribution in [0.1, 0.15) is 13.8 Å². The fourth-order valence-corrected chi connectivity index (χ4v) is 3.67. The van der Waals surface area contributed by atoms with Crippen molar-refractivity contribution < 1.29 is 9.53 Å². The van der Waals surface area contributed by atoms with E-state index in [0.29, 0.717) is 24.0 Å². The molecule has 24 heavy (non-hydrogen) atoms. The van der Waals surface area contributed by atoms with E-state index in [1.807, 2.05) is 11.0 Å². The third-order valence-corrected chi connectivity index (χ3v) is 4.96. The number of anilines is 1. The van der Waals surface area contributed by atoms with Crippen molar-refractivity contribution in [2.24, 2.45) is 11.3 Å². The number of aromatic nitrogens is 4. The van der Waals surface area contributed by atoms with E-state index in [-0.39, 0.29) is 17.5 Å². The second kappa shape index (κ2) is 5.55. The summed E-state index contributed by atoms with van der Waals surface area (Å²) >= 11 is 0. The van der Waals surface area contributed by atoms with Gasteiger partial charge < -0.3 is 15.0 Å². The van der Waals surface area contributed by atoms with Crippen molar-refractivity contribution in [1.82, 2.24) is 24.6 Å². The number of carbonyl (C=O) groups is 1. The molecule has 2 saturated heterocycles. The number of ether oxygens (including phenoxy) is 1. The lowest BCUT2D eigenvalue weighted by Crippen LogP contribution is -2.41. The predicted molar refractivity (Wildman–Crippen MR) is 86.8 cm³/mol. The van der Waals surface area contributed by atoms with Crippen molar-refractivity contribution in [2.45, 2.75) is 19.9 Å². The molecule has 0 spiro atoms. The van der Waals surface area contributed by atoms with Crippen LogP contribution in [0, 0.1) is 11.3 Å². The number of fused-ring (bicyclic) bond motifs is 1. The number of hydrogen-bond acceptors (Lipinski definition) is 5. The fraction of sp³-hybridized carbons (Fsp3) is 0.500. The third-order valence-electron chi connectivity index (χ3n) is 4.96. The van der Waals surface area contributed by atoms with Gasteiger partial charge in [-0.05, 0) is 17.5 Å². The first kappa shape index (κ1) is 15.1. The number of carbonyl (C=O) groups excluding carboxylic acids is 1. The molecule has 0 aromatic carbocycles. The van der Waals surface area contributed by atoms with Crippen LogP contribution in [-0.4, -0.2) is 56.5 Å². The van der Waals surface area contributed by atoms with Gasteiger partial charge in [0, 0.05) is 18.7 Å². The minimum Gasteiger partial charge on any atom is -0.379 e. The Labute approximate surface area is 139 Å². The normalized spacial score (nSPS) is 24.8. The number of urea groups is 1. The zero-order chi connectivity index (χ0) is 16.7. The molecule has 2 aromatic rings. The Morgan fingerprint density at radius 2 is 2.29 bits per heavy atom. The summed E-state index contributed by atoms with van der Waals surface area (Å²) in [5, 5.41) is 7.06. The Kier molecular flexibility index (Phi) is 3.49. The molecule has 2 atom stereocenters. The minimum atomic E-state index is -0.129. The van der Waals surface area contributed by atoms with Gasteiger partial charge in [-0.15, -0.1) is 0 Å². The summed E-state index contributed by atoms with van der Waals surface area (Å²) in [6.07, 6.45) is 4.65. The van der Waals surface area contributed by atoms with Gasteiger partial charge in [-0.3, -0.25) is 0 Å². The largest absolute Gasteiger partial charge is 0.379 e. The fourth-order valence-electron chi connectivity index (χ4n) is 3.67. The second-order valence-electron chi connectivity index (χ2n) is 6.97. The SMILES string of the molecule is CC1(C)CN(C(=O)Nc2cccnc2-n2cncn2)[C@@H]2COC[C@@H]21. The summed E-state index contributed by atoms with van der Waals surface area (Å²) in [4.78, 5) is 23.0.